The van der Waals surface area contributed by atoms with E-state index in [1.807, 2.05) is 26.0 Å². The van der Waals surface area contributed by atoms with Crippen molar-refractivity contribution < 1.29 is 4.79 Å². The number of nitrogen functional groups attached to an aromatic ring is 1. The summed E-state index contributed by atoms with van der Waals surface area (Å²) in [6.45, 7) is 4.01. The standard InChI is InChI=1S/C15H17N3O/c1-10-6-11(2)8-12(7-10)18(3)15(19)13-9-17-5-4-14(13)16/h4-9H,1-3H3,(H2,16,17). The van der Waals surface area contributed by atoms with Crippen LogP contribution in [0.3, 0.4) is 0 Å². The summed E-state index contributed by atoms with van der Waals surface area (Å²) < 4.78 is 0. The normalized spacial score (nSPS) is 10.3. The Balaban J connectivity index is 2.36. The van der Waals surface area contributed by atoms with Crippen LogP contribution < -0.4 is 10.6 Å². The number of benzene rings is 1. The van der Waals surface area contributed by atoms with Crippen molar-refractivity contribution in [2.45, 2.75) is 13.8 Å². The molecular formula is C15H17N3O. The van der Waals surface area contributed by atoms with Crippen molar-refractivity contribution in [1.29, 1.82) is 0 Å². The molecule has 0 aliphatic heterocycles. The van der Waals surface area contributed by atoms with Crippen LogP contribution in [0, 0.1) is 13.8 Å². The molecule has 0 spiro atoms. The first-order valence-corrected chi connectivity index (χ1v) is 6.05. The van der Waals surface area contributed by atoms with Crippen molar-refractivity contribution in [3.8, 4) is 0 Å². The first-order chi connectivity index (χ1) is 8.99. The minimum atomic E-state index is -0.157. The molecule has 0 aliphatic rings. The van der Waals surface area contributed by atoms with Crippen molar-refractivity contribution in [3.63, 3.8) is 0 Å². The number of hydrogen-bond acceptors (Lipinski definition) is 3. The minimum absolute atomic E-state index is 0.157. The zero-order chi connectivity index (χ0) is 14.0. The molecule has 2 rings (SSSR count). The number of nitrogens with two attached hydrogens (primary N) is 1. The largest absolute Gasteiger partial charge is 0.398 e. The van der Waals surface area contributed by atoms with Crippen LogP contribution in [-0.2, 0) is 0 Å². The summed E-state index contributed by atoms with van der Waals surface area (Å²) in [7, 11) is 1.74. The van der Waals surface area contributed by atoms with Gasteiger partial charge in [0.15, 0.2) is 0 Å². The lowest BCUT2D eigenvalue weighted by molar-refractivity contribution is 0.0993. The summed E-state index contributed by atoms with van der Waals surface area (Å²) in [5.41, 5.74) is 9.76. The molecule has 0 aliphatic carbocycles. The summed E-state index contributed by atoms with van der Waals surface area (Å²) in [4.78, 5) is 17.9. The van der Waals surface area contributed by atoms with Gasteiger partial charge in [-0.2, -0.15) is 0 Å². The molecule has 98 valence electrons. The Kier molecular flexibility index (Phi) is 3.51. The quantitative estimate of drug-likeness (QED) is 0.897. The smallest absolute Gasteiger partial charge is 0.261 e. The highest BCUT2D eigenvalue weighted by Gasteiger charge is 2.16. The SMILES string of the molecule is Cc1cc(C)cc(N(C)C(=O)c2cnccc2N)c1. The highest BCUT2D eigenvalue weighted by Crippen LogP contribution is 2.21. The first-order valence-electron chi connectivity index (χ1n) is 6.05. The summed E-state index contributed by atoms with van der Waals surface area (Å²) in [6.07, 6.45) is 3.07. The zero-order valence-electron chi connectivity index (χ0n) is 11.3. The van der Waals surface area contributed by atoms with Crippen molar-refractivity contribution in [1.82, 2.24) is 4.98 Å². The van der Waals surface area contributed by atoms with Crippen molar-refractivity contribution in [3.05, 3.63) is 53.3 Å². The fraction of sp³-hybridized carbons (Fsp3) is 0.200. The molecule has 1 amide bonds. The molecule has 0 saturated carbocycles. The minimum Gasteiger partial charge on any atom is -0.398 e. The Morgan fingerprint density at radius 3 is 2.42 bits per heavy atom. The predicted molar refractivity (Wildman–Crippen MR) is 77.3 cm³/mol. The van der Waals surface area contributed by atoms with Crippen LogP contribution in [-0.4, -0.2) is 17.9 Å². The number of carbonyl (C=O) groups excluding carboxylic acids is 1. The molecule has 4 heteroatoms. The van der Waals surface area contributed by atoms with E-state index in [-0.39, 0.29) is 5.91 Å². The average Bonchev–Trinajstić information content (AvgIpc) is 2.36. The Bertz CT molecular complexity index is 602. The van der Waals surface area contributed by atoms with Gasteiger partial charge in [-0.05, 0) is 43.2 Å². The lowest BCUT2D eigenvalue weighted by atomic mass is 10.1. The molecule has 2 N–H and O–H groups in total. The average molecular weight is 255 g/mol. The Morgan fingerprint density at radius 1 is 1.21 bits per heavy atom. The molecule has 1 aromatic carbocycles. The van der Waals surface area contributed by atoms with Gasteiger partial charge in [0, 0.05) is 30.8 Å². The van der Waals surface area contributed by atoms with E-state index in [0.29, 0.717) is 11.3 Å². The van der Waals surface area contributed by atoms with Gasteiger partial charge >= 0.3 is 0 Å². The van der Waals surface area contributed by atoms with E-state index >= 15 is 0 Å². The number of anilines is 2. The molecule has 19 heavy (non-hydrogen) atoms. The Labute approximate surface area is 112 Å². The van der Waals surface area contributed by atoms with E-state index in [1.54, 1.807) is 24.2 Å². The van der Waals surface area contributed by atoms with Crippen LogP contribution in [0.1, 0.15) is 21.5 Å². The highest BCUT2D eigenvalue weighted by atomic mass is 16.2. The number of aromatic nitrogens is 1. The molecule has 0 fully saturated rings. The van der Waals surface area contributed by atoms with Crippen LogP contribution in [0.2, 0.25) is 0 Å². The zero-order valence-corrected chi connectivity index (χ0v) is 11.3. The van der Waals surface area contributed by atoms with Gasteiger partial charge in [-0.15, -0.1) is 0 Å². The van der Waals surface area contributed by atoms with Gasteiger partial charge in [-0.3, -0.25) is 9.78 Å². The predicted octanol–water partition coefficient (Wildman–Crippen LogP) is 2.56. The third-order valence-corrected chi connectivity index (χ3v) is 2.98. The topological polar surface area (TPSA) is 59.2 Å². The van der Waals surface area contributed by atoms with Crippen LogP contribution in [0.25, 0.3) is 0 Å². The second kappa shape index (κ2) is 5.10. The molecule has 0 saturated heterocycles. The molecule has 2 aromatic rings. The Morgan fingerprint density at radius 2 is 1.84 bits per heavy atom. The number of nitrogens with zero attached hydrogens (tertiary/aromatic N) is 2. The van der Waals surface area contributed by atoms with Gasteiger partial charge < -0.3 is 10.6 Å². The van der Waals surface area contributed by atoms with Gasteiger partial charge in [0.1, 0.15) is 0 Å². The number of carbonyl (C=O) groups is 1. The lowest BCUT2D eigenvalue weighted by Crippen LogP contribution is -2.27. The van der Waals surface area contributed by atoms with Crippen LogP contribution in [0.4, 0.5) is 11.4 Å². The first kappa shape index (κ1) is 13.1. The number of hydrogen-bond donors (Lipinski definition) is 1. The van der Waals surface area contributed by atoms with E-state index in [0.717, 1.165) is 16.8 Å². The van der Waals surface area contributed by atoms with Crippen molar-refractivity contribution in [2.75, 3.05) is 17.7 Å². The Hall–Kier alpha value is -2.36. The monoisotopic (exact) mass is 255 g/mol. The highest BCUT2D eigenvalue weighted by molar-refractivity contribution is 6.08. The van der Waals surface area contributed by atoms with E-state index in [1.165, 1.54) is 6.20 Å². The second-order valence-electron chi connectivity index (χ2n) is 4.67. The molecule has 1 aromatic heterocycles. The molecular weight excluding hydrogens is 238 g/mol. The summed E-state index contributed by atoms with van der Waals surface area (Å²) >= 11 is 0. The molecule has 0 unspecified atom stereocenters. The maximum absolute atomic E-state index is 12.4. The van der Waals surface area contributed by atoms with Gasteiger partial charge in [0.2, 0.25) is 0 Å². The van der Waals surface area contributed by atoms with E-state index in [2.05, 4.69) is 11.1 Å². The summed E-state index contributed by atoms with van der Waals surface area (Å²) in [6, 6.07) is 7.64. The van der Waals surface area contributed by atoms with E-state index < -0.39 is 0 Å². The third-order valence-electron chi connectivity index (χ3n) is 2.98. The fourth-order valence-corrected chi connectivity index (χ4v) is 2.03. The number of aryl methyl sites for hydroxylation is 2. The molecule has 0 radical (unpaired) electrons. The molecule has 4 nitrogen and oxygen atoms in total. The van der Waals surface area contributed by atoms with Crippen LogP contribution >= 0.6 is 0 Å². The van der Waals surface area contributed by atoms with Gasteiger partial charge in [-0.1, -0.05) is 6.07 Å². The maximum atomic E-state index is 12.4. The van der Waals surface area contributed by atoms with E-state index in [9.17, 15) is 4.79 Å². The van der Waals surface area contributed by atoms with Gasteiger partial charge in [0.05, 0.1) is 5.56 Å². The summed E-state index contributed by atoms with van der Waals surface area (Å²) in [5.74, 6) is -0.157. The van der Waals surface area contributed by atoms with Gasteiger partial charge in [0.25, 0.3) is 5.91 Å². The molecule has 0 atom stereocenters. The van der Waals surface area contributed by atoms with Crippen molar-refractivity contribution in [2.24, 2.45) is 0 Å². The molecule has 0 bridgehead atoms. The maximum Gasteiger partial charge on any atom is 0.261 e. The third kappa shape index (κ3) is 2.73. The number of amides is 1. The summed E-state index contributed by atoms with van der Waals surface area (Å²) in [5, 5.41) is 0. The fourth-order valence-electron chi connectivity index (χ4n) is 2.03. The number of pyridine rings is 1. The van der Waals surface area contributed by atoms with Crippen LogP contribution in [0.5, 0.6) is 0 Å². The lowest BCUT2D eigenvalue weighted by Gasteiger charge is -2.19. The number of rotatable bonds is 2. The van der Waals surface area contributed by atoms with Gasteiger partial charge in [-0.25, -0.2) is 0 Å². The van der Waals surface area contributed by atoms with E-state index in [4.69, 9.17) is 5.73 Å². The van der Waals surface area contributed by atoms with Crippen LogP contribution in [0.15, 0.2) is 36.7 Å². The van der Waals surface area contributed by atoms with Crippen molar-refractivity contribution >= 4 is 17.3 Å². The molecule has 1 heterocycles. The second-order valence-corrected chi connectivity index (χ2v) is 4.67.